The van der Waals surface area contributed by atoms with Crippen molar-refractivity contribution in [1.82, 2.24) is 0 Å². The summed E-state index contributed by atoms with van der Waals surface area (Å²) >= 11 is 3.39. The minimum Gasteiger partial charge on any atom is -0.497 e. The van der Waals surface area contributed by atoms with E-state index < -0.39 is 0 Å². The summed E-state index contributed by atoms with van der Waals surface area (Å²) in [7, 11) is 1.63. The molecule has 0 radical (unpaired) electrons. The summed E-state index contributed by atoms with van der Waals surface area (Å²) in [4.78, 5) is 0. The maximum Gasteiger partial charge on any atom is 0.135 e. The van der Waals surface area contributed by atoms with Crippen LogP contribution in [0.4, 0.5) is 5.69 Å². The molecule has 0 unspecified atom stereocenters. The first kappa shape index (κ1) is 14.5. The molecule has 2 aromatic rings. The molecule has 0 heterocycles. The highest BCUT2D eigenvalue weighted by Gasteiger charge is 2.03. The number of hydrogen-bond acceptors (Lipinski definition) is 4. The largest absolute Gasteiger partial charge is 0.497 e. The van der Waals surface area contributed by atoms with Crippen molar-refractivity contribution >= 4 is 21.6 Å². The molecule has 2 aromatic carbocycles. The van der Waals surface area contributed by atoms with Crippen LogP contribution in [0, 0.1) is 0 Å². The van der Waals surface area contributed by atoms with Crippen molar-refractivity contribution in [3.05, 3.63) is 46.9 Å². The number of benzene rings is 2. The maximum atomic E-state index is 5.77. The highest BCUT2D eigenvalue weighted by atomic mass is 79.9. The van der Waals surface area contributed by atoms with Crippen molar-refractivity contribution < 1.29 is 14.2 Å². The summed E-state index contributed by atoms with van der Waals surface area (Å²) in [6.07, 6.45) is 0. The molecule has 0 bridgehead atoms. The highest BCUT2D eigenvalue weighted by molar-refractivity contribution is 9.10. The van der Waals surface area contributed by atoms with Crippen molar-refractivity contribution in [3.8, 4) is 17.2 Å². The molecule has 0 amide bonds. The maximum absolute atomic E-state index is 5.77. The fourth-order valence-corrected chi connectivity index (χ4v) is 2.00. The molecular weight excluding hydrogens is 322 g/mol. The van der Waals surface area contributed by atoms with Crippen LogP contribution in [-0.2, 0) is 0 Å². The van der Waals surface area contributed by atoms with Crippen molar-refractivity contribution in [2.75, 3.05) is 26.1 Å². The smallest absolute Gasteiger partial charge is 0.135 e. The third kappa shape index (κ3) is 3.81. The minimum absolute atomic E-state index is 0.439. The van der Waals surface area contributed by atoms with E-state index in [1.54, 1.807) is 7.11 Å². The molecule has 2 N–H and O–H groups in total. The Hall–Kier alpha value is -1.88. The molecule has 0 atom stereocenters. The molecule has 20 heavy (non-hydrogen) atoms. The summed E-state index contributed by atoms with van der Waals surface area (Å²) in [6, 6.07) is 12.9. The molecule has 0 spiro atoms. The molecule has 0 fully saturated rings. The summed E-state index contributed by atoms with van der Waals surface area (Å²) < 4.78 is 17.0. The Labute approximate surface area is 126 Å². The molecular formula is C15H16BrNO3. The molecule has 0 aromatic heterocycles. The van der Waals surface area contributed by atoms with E-state index in [0.717, 1.165) is 16.0 Å². The Bertz CT molecular complexity index is 558. The number of nitrogens with two attached hydrogens (primary N) is 1. The van der Waals surface area contributed by atoms with Gasteiger partial charge < -0.3 is 19.9 Å². The molecule has 0 aliphatic heterocycles. The Morgan fingerprint density at radius 2 is 1.60 bits per heavy atom. The van der Waals surface area contributed by atoms with Gasteiger partial charge in [-0.05, 0) is 52.3 Å². The number of ether oxygens (including phenoxy) is 3. The first-order valence-electron chi connectivity index (χ1n) is 6.14. The Morgan fingerprint density at radius 3 is 2.30 bits per heavy atom. The average molecular weight is 338 g/mol. The third-order valence-corrected chi connectivity index (χ3v) is 3.51. The van der Waals surface area contributed by atoms with Gasteiger partial charge >= 0.3 is 0 Å². The van der Waals surface area contributed by atoms with E-state index in [2.05, 4.69) is 15.9 Å². The van der Waals surface area contributed by atoms with Crippen LogP contribution in [0.2, 0.25) is 0 Å². The van der Waals surface area contributed by atoms with Crippen molar-refractivity contribution in [3.63, 3.8) is 0 Å². The molecule has 0 aliphatic carbocycles. The van der Waals surface area contributed by atoms with Gasteiger partial charge in [0.15, 0.2) is 0 Å². The third-order valence-electron chi connectivity index (χ3n) is 2.66. The van der Waals surface area contributed by atoms with Crippen LogP contribution in [0.15, 0.2) is 46.9 Å². The number of rotatable bonds is 6. The van der Waals surface area contributed by atoms with Gasteiger partial charge in [0.05, 0.1) is 11.6 Å². The molecule has 4 nitrogen and oxygen atoms in total. The van der Waals surface area contributed by atoms with Gasteiger partial charge in [-0.25, -0.2) is 0 Å². The monoisotopic (exact) mass is 337 g/mol. The van der Waals surface area contributed by atoms with E-state index in [9.17, 15) is 0 Å². The van der Waals surface area contributed by atoms with Crippen LogP contribution >= 0.6 is 15.9 Å². The van der Waals surface area contributed by atoms with Crippen LogP contribution < -0.4 is 19.9 Å². The first-order valence-corrected chi connectivity index (χ1v) is 6.93. The second kappa shape index (κ2) is 7.05. The SMILES string of the molecule is COc1ccc(OCCOc2cccc(N)c2Br)cc1. The molecule has 5 heteroatoms. The zero-order valence-electron chi connectivity index (χ0n) is 11.1. The second-order valence-corrected chi connectivity index (χ2v) is 4.82. The fourth-order valence-electron chi connectivity index (χ4n) is 1.62. The lowest BCUT2D eigenvalue weighted by Crippen LogP contribution is -2.09. The lowest BCUT2D eigenvalue weighted by molar-refractivity contribution is 0.216. The number of methoxy groups -OCH3 is 1. The van der Waals surface area contributed by atoms with Crippen LogP contribution in [-0.4, -0.2) is 20.3 Å². The standard InChI is InChI=1S/C15H16BrNO3/c1-18-11-5-7-12(8-6-11)19-9-10-20-14-4-2-3-13(17)15(14)16/h2-8H,9-10,17H2,1H3. The first-order chi connectivity index (χ1) is 9.70. The van der Waals surface area contributed by atoms with Crippen LogP contribution in [0.5, 0.6) is 17.2 Å². The van der Waals surface area contributed by atoms with Gasteiger partial charge in [0.25, 0.3) is 0 Å². The predicted octanol–water partition coefficient (Wildman–Crippen LogP) is 3.50. The van der Waals surface area contributed by atoms with Gasteiger partial charge in [-0.15, -0.1) is 0 Å². The van der Waals surface area contributed by atoms with Crippen molar-refractivity contribution in [1.29, 1.82) is 0 Å². The normalized spacial score (nSPS) is 10.1. The van der Waals surface area contributed by atoms with Crippen LogP contribution in [0.3, 0.4) is 0 Å². The number of nitrogen functional groups attached to an aromatic ring is 1. The summed E-state index contributed by atoms with van der Waals surface area (Å²) in [6.45, 7) is 0.891. The van der Waals surface area contributed by atoms with E-state index in [-0.39, 0.29) is 0 Å². The highest BCUT2D eigenvalue weighted by Crippen LogP contribution is 2.30. The number of anilines is 1. The Kier molecular flexibility index (Phi) is 5.12. The van der Waals surface area contributed by atoms with Gasteiger partial charge in [0.2, 0.25) is 0 Å². The minimum atomic E-state index is 0.439. The van der Waals surface area contributed by atoms with E-state index in [1.165, 1.54) is 0 Å². The van der Waals surface area contributed by atoms with Gasteiger partial charge in [0, 0.05) is 5.69 Å². The van der Waals surface area contributed by atoms with Crippen molar-refractivity contribution in [2.24, 2.45) is 0 Å². The molecule has 0 aliphatic rings. The topological polar surface area (TPSA) is 53.7 Å². The zero-order valence-corrected chi connectivity index (χ0v) is 12.7. The lowest BCUT2D eigenvalue weighted by Gasteiger charge is -2.11. The second-order valence-electron chi connectivity index (χ2n) is 4.03. The van der Waals surface area contributed by atoms with E-state index in [1.807, 2.05) is 42.5 Å². The number of halogens is 1. The predicted molar refractivity (Wildman–Crippen MR) is 82.5 cm³/mol. The Morgan fingerprint density at radius 1 is 0.950 bits per heavy atom. The van der Waals surface area contributed by atoms with E-state index >= 15 is 0 Å². The quantitative estimate of drug-likeness (QED) is 0.647. The summed E-state index contributed by atoms with van der Waals surface area (Å²) in [5, 5.41) is 0. The molecule has 106 valence electrons. The lowest BCUT2D eigenvalue weighted by atomic mass is 10.3. The fraction of sp³-hybridized carbons (Fsp3) is 0.200. The average Bonchev–Trinajstić information content (AvgIpc) is 2.48. The Balaban J connectivity index is 1.80. The van der Waals surface area contributed by atoms with E-state index in [4.69, 9.17) is 19.9 Å². The molecule has 0 saturated carbocycles. The molecule has 2 rings (SSSR count). The van der Waals surface area contributed by atoms with Crippen LogP contribution in [0.25, 0.3) is 0 Å². The number of hydrogen-bond donors (Lipinski definition) is 1. The summed E-state index contributed by atoms with van der Waals surface area (Å²) in [5.41, 5.74) is 6.42. The molecule has 0 saturated heterocycles. The zero-order chi connectivity index (χ0) is 14.4. The van der Waals surface area contributed by atoms with Gasteiger partial charge in [-0.2, -0.15) is 0 Å². The van der Waals surface area contributed by atoms with Gasteiger partial charge in [0.1, 0.15) is 30.5 Å². The van der Waals surface area contributed by atoms with Crippen LogP contribution in [0.1, 0.15) is 0 Å². The van der Waals surface area contributed by atoms with Crippen molar-refractivity contribution in [2.45, 2.75) is 0 Å². The van der Waals surface area contributed by atoms with Gasteiger partial charge in [-0.1, -0.05) is 6.07 Å². The summed E-state index contributed by atoms with van der Waals surface area (Å²) in [5.74, 6) is 2.29. The van der Waals surface area contributed by atoms with Gasteiger partial charge in [-0.3, -0.25) is 0 Å². The van der Waals surface area contributed by atoms with E-state index in [0.29, 0.717) is 24.7 Å².